The van der Waals surface area contributed by atoms with Crippen molar-refractivity contribution in [1.29, 1.82) is 0 Å². The van der Waals surface area contributed by atoms with Gasteiger partial charge in [-0.1, -0.05) is 0 Å². The number of anilines is 1. The van der Waals surface area contributed by atoms with Gasteiger partial charge >= 0.3 is 0 Å². The molecule has 1 amide bonds. The first-order chi connectivity index (χ1) is 13.3. The first kappa shape index (κ1) is 19.0. The van der Waals surface area contributed by atoms with Crippen molar-refractivity contribution in [3.8, 4) is 11.5 Å². The van der Waals surface area contributed by atoms with E-state index in [0.717, 1.165) is 23.9 Å². The van der Waals surface area contributed by atoms with E-state index in [2.05, 4.69) is 15.5 Å². The summed E-state index contributed by atoms with van der Waals surface area (Å²) in [7, 11) is 0. The second-order valence-corrected chi connectivity index (χ2v) is 6.39. The van der Waals surface area contributed by atoms with Gasteiger partial charge < -0.3 is 9.73 Å². The van der Waals surface area contributed by atoms with E-state index in [1.807, 2.05) is 0 Å². The Morgan fingerprint density at radius 1 is 1.07 bits per heavy atom. The van der Waals surface area contributed by atoms with E-state index in [0.29, 0.717) is 11.3 Å². The average Bonchev–Trinajstić information content (AvgIpc) is 3.10. The highest BCUT2D eigenvalue weighted by Gasteiger charge is 2.22. The predicted molar refractivity (Wildman–Crippen MR) is 97.9 cm³/mol. The van der Waals surface area contributed by atoms with Crippen molar-refractivity contribution in [2.45, 2.75) is 17.0 Å². The summed E-state index contributed by atoms with van der Waals surface area (Å²) in [5, 5.41) is 32.4. The molecule has 3 aromatic rings. The van der Waals surface area contributed by atoms with Crippen LogP contribution in [0.25, 0.3) is 11.5 Å². The fourth-order valence-corrected chi connectivity index (χ4v) is 2.97. The Hall–Kier alpha value is -3.80. The lowest BCUT2D eigenvalue weighted by Gasteiger charge is -2.02. The summed E-state index contributed by atoms with van der Waals surface area (Å²) < 4.78 is 5.50. The number of nitrogens with zero attached hydrogens (tertiary/aromatic N) is 4. The molecule has 11 nitrogen and oxygen atoms in total. The number of amides is 1. The molecule has 1 heterocycles. The molecule has 0 aliphatic heterocycles. The molecule has 0 atom stereocenters. The number of benzene rings is 2. The smallest absolute Gasteiger partial charge is 0.290 e. The number of nitrogens with one attached hydrogen (secondary N) is 1. The number of nitro benzene ring substituents is 2. The van der Waals surface area contributed by atoms with Crippen LogP contribution in [0.1, 0.15) is 6.92 Å². The lowest BCUT2D eigenvalue weighted by Crippen LogP contribution is -2.05. The second-order valence-electron chi connectivity index (χ2n) is 5.40. The number of nitro groups is 2. The van der Waals surface area contributed by atoms with E-state index < -0.39 is 15.5 Å². The molecule has 0 aliphatic carbocycles. The third-order valence-electron chi connectivity index (χ3n) is 3.41. The molecule has 1 aromatic heterocycles. The van der Waals surface area contributed by atoms with Crippen molar-refractivity contribution in [3.05, 3.63) is 62.7 Å². The molecule has 142 valence electrons. The summed E-state index contributed by atoms with van der Waals surface area (Å²) in [6, 6.07) is 9.95. The molecule has 0 aliphatic rings. The third-order valence-corrected chi connectivity index (χ3v) is 4.31. The highest BCUT2D eigenvalue weighted by Crippen LogP contribution is 2.37. The van der Waals surface area contributed by atoms with Gasteiger partial charge in [-0.25, -0.2) is 0 Å². The van der Waals surface area contributed by atoms with Crippen LogP contribution in [0.5, 0.6) is 0 Å². The number of hydrogen-bond donors (Lipinski definition) is 1. The van der Waals surface area contributed by atoms with E-state index in [1.54, 1.807) is 24.3 Å². The fourth-order valence-electron chi connectivity index (χ4n) is 2.21. The van der Waals surface area contributed by atoms with E-state index in [9.17, 15) is 25.0 Å². The molecule has 12 heteroatoms. The van der Waals surface area contributed by atoms with Crippen LogP contribution in [-0.4, -0.2) is 26.0 Å². The molecule has 0 saturated carbocycles. The van der Waals surface area contributed by atoms with Gasteiger partial charge in [0.2, 0.25) is 11.8 Å². The molecule has 2 aromatic carbocycles. The summed E-state index contributed by atoms with van der Waals surface area (Å²) in [6.45, 7) is 1.40. The van der Waals surface area contributed by atoms with E-state index in [-0.39, 0.29) is 27.6 Å². The number of aromatic nitrogens is 2. The number of rotatable bonds is 6. The standard InChI is InChI=1S/C16H11N5O6S/c1-9(22)17-11-4-2-10(3-5-11)15-18-19-16(27-15)28-14-7-6-12(20(23)24)8-13(14)21(25)26/h2-8H,1H3,(H,17,22). The van der Waals surface area contributed by atoms with Gasteiger partial charge in [-0.05, 0) is 42.1 Å². The Labute approximate surface area is 161 Å². The van der Waals surface area contributed by atoms with Crippen LogP contribution in [0.4, 0.5) is 17.1 Å². The average molecular weight is 401 g/mol. The van der Waals surface area contributed by atoms with Gasteiger partial charge in [0, 0.05) is 24.2 Å². The Morgan fingerprint density at radius 2 is 1.79 bits per heavy atom. The Morgan fingerprint density at radius 3 is 2.39 bits per heavy atom. The SMILES string of the molecule is CC(=O)Nc1ccc(-c2nnc(Sc3ccc([N+](=O)[O-])cc3[N+](=O)[O-])o2)cc1. The van der Waals surface area contributed by atoms with Gasteiger partial charge in [-0.3, -0.25) is 25.0 Å². The number of carbonyl (C=O) groups is 1. The van der Waals surface area contributed by atoms with Crippen LogP contribution in [0.3, 0.4) is 0 Å². The molecular weight excluding hydrogens is 390 g/mol. The van der Waals surface area contributed by atoms with Gasteiger partial charge in [0.05, 0.1) is 20.8 Å². The van der Waals surface area contributed by atoms with Gasteiger partial charge in [-0.15, -0.1) is 10.2 Å². The van der Waals surface area contributed by atoms with Gasteiger partial charge in [-0.2, -0.15) is 0 Å². The van der Waals surface area contributed by atoms with Crippen LogP contribution in [0.15, 0.2) is 57.0 Å². The van der Waals surface area contributed by atoms with Crippen LogP contribution in [-0.2, 0) is 4.79 Å². The maximum Gasteiger partial charge on any atom is 0.290 e. The van der Waals surface area contributed by atoms with Crippen LogP contribution in [0, 0.1) is 20.2 Å². The largest absolute Gasteiger partial charge is 0.411 e. The monoisotopic (exact) mass is 401 g/mol. The van der Waals surface area contributed by atoms with Crippen LogP contribution in [0.2, 0.25) is 0 Å². The number of hydrogen-bond acceptors (Lipinski definition) is 9. The van der Waals surface area contributed by atoms with Gasteiger partial charge in [0.15, 0.2) is 0 Å². The third kappa shape index (κ3) is 4.29. The first-order valence-corrected chi connectivity index (χ1v) is 8.47. The maximum atomic E-state index is 11.2. The van der Waals surface area contributed by atoms with Gasteiger partial charge in [0.1, 0.15) is 0 Å². The van der Waals surface area contributed by atoms with Crippen molar-refractivity contribution >= 4 is 34.7 Å². The molecular formula is C16H11N5O6S. The zero-order valence-corrected chi connectivity index (χ0v) is 15.0. The molecule has 3 rings (SSSR count). The summed E-state index contributed by atoms with van der Waals surface area (Å²) in [6.07, 6.45) is 0. The number of carbonyl (C=O) groups excluding carboxylic acids is 1. The molecule has 1 N–H and O–H groups in total. The molecule has 0 spiro atoms. The highest BCUT2D eigenvalue weighted by molar-refractivity contribution is 7.99. The predicted octanol–water partition coefficient (Wildman–Crippen LogP) is 3.66. The summed E-state index contributed by atoms with van der Waals surface area (Å²) in [5.41, 5.74) is 0.374. The van der Waals surface area contributed by atoms with Crippen molar-refractivity contribution in [1.82, 2.24) is 10.2 Å². The summed E-state index contributed by atoms with van der Waals surface area (Å²) in [4.78, 5) is 31.7. The van der Waals surface area contributed by atoms with E-state index in [4.69, 9.17) is 4.42 Å². The molecule has 28 heavy (non-hydrogen) atoms. The Balaban J connectivity index is 1.82. The molecule has 0 unspecified atom stereocenters. The van der Waals surface area contributed by atoms with Crippen molar-refractivity contribution in [3.63, 3.8) is 0 Å². The zero-order chi connectivity index (χ0) is 20.3. The molecule has 0 fully saturated rings. The van der Waals surface area contributed by atoms with E-state index in [1.165, 1.54) is 13.0 Å². The fraction of sp³-hybridized carbons (Fsp3) is 0.0625. The molecule has 0 saturated heterocycles. The normalized spacial score (nSPS) is 10.5. The Bertz CT molecular complexity index is 1070. The lowest BCUT2D eigenvalue weighted by atomic mass is 10.2. The minimum Gasteiger partial charge on any atom is -0.411 e. The second kappa shape index (κ2) is 7.84. The molecule has 0 bridgehead atoms. The van der Waals surface area contributed by atoms with Gasteiger partial charge in [0.25, 0.3) is 16.6 Å². The topological polar surface area (TPSA) is 154 Å². The first-order valence-electron chi connectivity index (χ1n) is 7.65. The van der Waals surface area contributed by atoms with Crippen LogP contribution >= 0.6 is 11.8 Å². The Kier molecular flexibility index (Phi) is 5.31. The summed E-state index contributed by atoms with van der Waals surface area (Å²) in [5.74, 6) is -0.0182. The summed E-state index contributed by atoms with van der Waals surface area (Å²) >= 11 is 0.828. The maximum absolute atomic E-state index is 11.2. The minimum absolute atomic E-state index is 0.0397. The van der Waals surface area contributed by atoms with Crippen molar-refractivity contribution < 1.29 is 19.1 Å². The van der Waals surface area contributed by atoms with Crippen LogP contribution < -0.4 is 5.32 Å². The van der Waals surface area contributed by atoms with Crippen molar-refractivity contribution in [2.75, 3.05) is 5.32 Å². The lowest BCUT2D eigenvalue weighted by molar-refractivity contribution is -0.396. The highest BCUT2D eigenvalue weighted by atomic mass is 32.2. The van der Waals surface area contributed by atoms with Crippen molar-refractivity contribution in [2.24, 2.45) is 0 Å². The molecule has 0 radical (unpaired) electrons. The quantitative estimate of drug-likeness (QED) is 0.481. The van der Waals surface area contributed by atoms with E-state index >= 15 is 0 Å². The number of non-ortho nitro benzene ring substituents is 1. The minimum atomic E-state index is -0.715. The zero-order valence-electron chi connectivity index (χ0n) is 14.2.